The van der Waals surface area contributed by atoms with E-state index in [4.69, 9.17) is 14.7 Å². The Morgan fingerprint density at radius 2 is 2.00 bits per heavy atom. The first-order valence-electron chi connectivity index (χ1n) is 6.62. The SMILES string of the molecule is N#Cc1ccc([C@@H](O)CC(=O)CC2OCCCO2)cc1. The molecule has 5 heteroatoms. The third kappa shape index (κ3) is 4.14. The zero-order chi connectivity index (χ0) is 14.4. The van der Waals surface area contributed by atoms with Crippen LogP contribution in [0.25, 0.3) is 0 Å². The summed E-state index contributed by atoms with van der Waals surface area (Å²) in [5, 5.41) is 18.7. The number of hydrogen-bond donors (Lipinski definition) is 1. The number of benzene rings is 1. The first-order valence-corrected chi connectivity index (χ1v) is 6.62. The van der Waals surface area contributed by atoms with Crippen molar-refractivity contribution in [3.8, 4) is 6.07 Å². The Labute approximate surface area is 117 Å². The molecule has 1 N–H and O–H groups in total. The van der Waals surface area contributed by atoms with Crippen molar-refractivity contribution in [3.63, 3.8) is 0 Å². The molecule has 106 valence electrons. The molecule has 0 saturated carbocycles. The van der Waals surface area contributed by atoms with Crippen LogP contribution in [0.3, 0.4) is 0 Å². The molecule has 0 aliphatic carbocycles. The first kappa shape index (κ1) is 14.7. The van der Waals surface area contributed by atoms with Crippen molar-refractivity contribution >= 4 is 5.78 Å². The third-order valence-corrected chi connectivity index (χ3v) is 3.14. The van der Waals surface area contributed by atoms with Gasteiger partial charge in [0.15, 0.2) is 6.29 Å². The Hall–Kier alpha value is -1.74. The highest BCUT2D eigenvalue weighted by atomic mass is 16.7. The van der Waals surface area contributed by atoms with E-state index in [1.165, 1.54) is 0 Å². The van der Waals surface area contributed by atoms with Crippen molar-refractivity contribution in [1.82, 2.24) is 0 Å². The van der Waals surface area contributed by atoms with Crippen molar-refractivity contribution in [3.05, 3.63) is 35.4 Å². The van der Waals surface area contributed by atoms with Gasteiger partial charge in [-0.25, -0.2) is 0 Å². The number of aliphatic hydroxyl groups excluding tert-OH is 1. The molecule has 1 aromatic carbocycles. The lowest BCUT2D eigenvalue weighted by atomic mass is 10.0. The van der Waals surface area contributed by atoms with Crippen LogP contribution in [-0.4, -0.2) is 30.4 Å². The van der Waals surface area contributed by atoms with Gasteiger partial charge in [-0.05, 0) is 24.1 Å². The number of hydrogen-bond acceptors (Lipinski definition) is 5. The van der Waals surface area contributed by atoms with E-state index < -0.39 is 12.4 Å². The molecule has 1 saturated heterocycles. The maximum atomic E-state index is 11.8. The Balaban J connectivity index is 1.84. The number of aliphatic hydroxyl groups is 1. The van der Waals surface area contributed by atoms with E-state index in [9.17, 15) is 9.90 Å². The fourth-order valence-corrected chi connectivity index (χ4v) is 2.04. The second-order valence-electron chi connectivity index (χ2n) is 4.72. The van der Waals surface area contributed by atoms with Crippen molar-refractivity contribution in [2.45, 2.75) is 31.7 Å². The second-order valence-corrected chi connectivity index (χ2v) is 4.72. The molecule has 0 spiro atoms. The molecular weight excluding hydrogens is 258 g/mol. The number of rotatable bonds is 5. The summed E-state index contributed by atoms with van der Waals surface area (Å²) in [4.78, 5) is 11.8. The molecule has 1 aromatic rings. The highest BCUT2D eigenvalue weighted by Gasteiger charge is 2.20. The lowest BCUT2D eigenvalue weighted by molar-refractivity contribution is -0.183. The lowest BCUT2D eigenvalue weighted by Gasteiger charge is -2.22. The summed E-state index contributed by atoms with van der Waals surface area (Å²) in [6.45, 7) is 1.21. The minimum Gasteiger partial charge on any atom is -0.388 e. The van der Waals surface area contributed by atoms with E-state index in [2.05, 4.69) is 0 Å². The van der Waals surface area contributed by atoms with Crippen molar-refractivity contribution in [1.29, 1.82) is 5.26 Å². The average molecular weight is 275 g/mol. The van der Waals surface area contributed by atoms with Crippen molar-refractivity contribution in [2.24, 2.45) is 0 Å². The molecule has 1 aliphatic heterocycles. The van der Waals surface area contributed by atoms with Crippen molar-refractivity contribution in [2.75, 3.05) is 13.2 Å². The summed E-state index contributed by atoms with van der Waals surface area (Å²) in [7, 11) is 0. The summed E-state index contributed by atoms with van der Waals surface area (Å²) in [6, 6.07) is 8.56. The van der Waals surface area contributed by atoms with Gasteiger partial charge in [0.2, 0.25) is 0 Å². The van der Waals surface area contributed by atoms with Gasteiger partial charge in [0, 0.05) is 6.42 Å². The van der Waals surface area contributed by atoms with Crippen LogP contribution in [0.2, 0.25) is 0 Å². The number of ether oxygens (including phenoxy) is 2. The first-order chi connectivity index (χ1) is 9.69. The second kappa shape index (κ2) is 7.15. The molecule has 1 atom stereocenters. The Morgan fingerprint density at radius 3 is 2.60 bits per heavy atom. The molecular formula is C15H17NO4. The van der Waals surface area contributed by atoms with Gasteiger partial charge in [-0.15, -0.1) is 0 Å². The minimum atomic E-state index is -0.862. The molecule has 5 nitrogen and oxygen atoms in total. The van der Waals surface area contributed by atoms with Gasteiger partial charge in [-0.3, -0.25) is 4.79 Å². The maximum absolute atomic E-state index is 11.8. The molecule has 0 bridgehead atoms. The fraction of sp³-hybridized carbons (Fsp3) is 0.467. The standard InChI is InChI=1S/C15H17NO4/c16-10-11-2-4-12(5-3-11)14(18)8-13(17)9-15-19-6-1-7-20-15/h2-5,14-15,18H,1,6-9H2/t14-/m0/s1. The predicted molar refractivity (Wildman–Crippen MR) is 70.7 cm³/mol. The van der Waals surface area contributed by atoms with Gasteiger partial charge < -0.3 is 14.6 Å². The topological polar surface area (TPSA) is 79.5 Å². The van der Waals surface area contributed by atoms with Gasteiger partial charge in [0.1, 0.15) is 5.78 Å². The number of Topliss-reactive ketones (excluding diaryl/α,β-unsaturated/α-hetero) is 1. The Morgan fingerprint density at radius 1 is 1.35 bits per heavy atom. The third-order valence-electron chi connectivity index (χ3n) is 3.14. The minimum absolute atomic E-state index is 0.0229. The van der Waals surface area contributed by atoms with Crippen LogP contribution in [0.15, 0.2) is 24.3 Å². The number of carbonyl (C=O) groups excluding carboxylic acids is 1. The smallest absolute Gasteiger partial charge is 0.164 e. The van der Waals surface area contributed by atoms with E-state index in [1.54, 1.807) is 24.3 Å². The van der Waals surface area contributed by atoms with Crippen LogP contribution in [0.5, 0.6) is 0 Å². The van der Waals surface area contributed by atoms with Crippen LogP contribution in [0.4, 0.5) is 0 Å². The zero-order valence-corrected chi connectivity index (χ0v) is 11.1. The molecule has 1 heterocycles. The van der Waals surface area contributed by atoms with Crippen LogP contribution in [0.1, 0.15) is 36.5 Å². The van der Waals surface area contributed by atoms with Crippen molar-refractivity contribution < 1.29 is 19.4 Å². The highest BCUT2D eigenvalue weighted by molar-refractivity contribution is 5.79. The quantitative estimate of drug-likeness (QED) is 0.884. The lowest BCUT2D eigenvalue weighted by Crippen LogP contribution is -2.27. The molecule has 0 amide bonds. The summed E-state index contributed by atoms with van der Waals surface area (Å²) in [5.74, 6) is -0.103. The Kier molecular flexibility index (Phi) is 5.24. The predicted octanol–water partition coefficient (Wildman–Crippen LogP) is 1.70. The van der Waals surface area contributed by atoms with Gasteiger partial charge in [-0.2, -0.15) is 5.26 Å². The highest BCUT2D eigenvalue weighted by Crippen LogP contribution is 2.19. The van der Waals surface area contributed by atoms with Gasteiger partial charge >= 0.3 is 0 Å². The monoisotopic (exact) mass is 275 g/mol. The Bertz CT molecular complexity index is 486. The average Bonchev–Trinajstić information content (AvgIpc) is 2.48. The van der Waals surface area contributed by atoms with Gasteiger partial charge in [-0.1, -0.05) is 12.1 Å². The summed E-state index contributed by atoms with van der Waals surface area (Å²) in [5.41, 5.74) is 1.15. The summed E-state index contributed by atoms with van der Waals surface area (Å²) < 4.78 is 10.6. The van der Waals surface area contributed by atoms with Gasteiger partial charge in [0.05, 0.1) is 37.4 Å². The van der Waals surface area contributed by atoms with Crippen LogP contribution >= 0.6 is 0 Å². The molecule has 1 fully saturated rings. The van der Waals surface area contributed by atoms with Crippen LogP contribution in [-0.2, 0) is 14.3 Å². The zero-order valence-electron chi connectivity index (χ0n) is 11.1. The maximum Gasteiger partial charge on any atom is 0.164 e. The molecule has 2 rings (SSSR count). The summed E-state index contributed by atoms with van der Waals surface area (Å²) >= 11 is 0. The molecule has 0 unspecified atom stereocenters. The fourth-order valence-electron chi connectivity index (χ4n) is 2.04. The van der Waals surface area contributed by atoms with E-state index >= 15 is 0 Å². The number of nitrogens with zero attached hydrogens (tertiary/aromatic N) is 1. The largest absolute Gasteiger partial charge is 0.388 e. The van der Waals surface area contributed by atoms with E-state index in [-0.39, 0.29) is 18.6 Å². The normalized spacial score (nSPS) is 17.4. The van der Waals surface area contributed by atoms with Crippen LogP contribution < -0.4 is 0 Å². The van der Waals surface area contributed by atoms with E-state index in [0.717, 1.165) is 6.42 Å². The molecule has 0 aromatic heterocycles. The van der Waals surface area contributed by atoms with E-state index in [1.807, 2.05) is 6.07 Å². The molecule has 0 radical (unpaired) electrons. The number of carbonyl (C=O) groups is 1. The molecule has 1 aliphatic rings. The number of nitriles is 1. The van der Waals surface area contributed by atoms with Gasteiger partial charge in [0.25, 0.3) is 0 Å². The molecule has 20 heavy (non-hydrogen) atoms. The van der Waals surface area contributed by atoms with E-state index in [0.29, 0.717) is 24.3 Å². The number of ketones is 1. The van der Waals surface area contributed by atoms with Crippen LogP contribution in [0, 0.1) is 11.3 Å². The summed E-state index contributed by atoms with van der Waals surface area (Å²) in [6.07, 6.45) is -0.315.